The standard InChI is InChI=1S/C20H23F5N2O/c1-3-14-17(20(23,24)25)15-12-13(4-5-16(15)26(2)18(14)28)6-9-27-10-7-19(21,22)8-11-27/h4-5,12H,3,6-11H2,1-2H3. The number of benzene rings is 1. The van der Waals surface area contributed by atoms with Gasteiger partial charge in [0.05, 0.1) is 11.1 Å². The van der Waals surface area contributed by atoms with Gasteiger partial charge < -0.3 is 9.47 Å². The molecule has 2 aromatic rings. The molecular formula is C20H23F5N2O. The molecule has 3 nitrogen and oxygen atoms in total. The molecule has 3 rings (SSSR count). The van der Waals surface area contributed by atoms with Crippen LogP contribution in [-0.4, -0.2) is 35.0 Å². The fourth-order valence-electron chi connectivity index (χ4n) is 3.86. The minimum Gasteiger partial charge on any atom is -0.311 e. The second-order valence-electron chi connectivity index (χ2n) is 7.37. The first-order valence-electron chi connectivity index (χ1n) is 9.35. The van der Waals surface area contributed by atoms with Crippen molar-refractivity contribution in [3.63, 3.8) is 0 Å². The third-order valence-electron chi connectivity index (χ3n) is 5.50. The summed E-state index contributed by atoms with van der Waals surface area (Å²) in [4.78, 5) is 14.3. The maximum Gasteiger partial charge on any atom is 0.417 e. The van der Waals surface area contributed by atoms with Crippen LogP contribution in [0, 0.1) is 0 Å². The molecule has 0 N–H and O–H groups in total. The van der Waals surface area contributed by atoms with E-state index in [-0.39, 0.29) is 48.8 Å². The highest BCUT2D eigenvalue weighted by Gasteiger charge is 2.37. The van der Waals surface area contributed by atoms with Gasteiger partial charge >= 0.3 is 6.18 Å². The zero-order valence-electron chi connectivity index (χ0n) is 15.9. The van der Waals surface area contributed by atoms with Gasteiger partial charge in [0.2, 0.25) is 0 Å². The summed E-state index contributed by atoms with van der Waals surface area (Å²) in [5.74, 6) is -2.62. The quantitative estimate of drug-likeness (QED) is 0.709. The van der Waals surface area contributed by atoms with Crippen molar-refractivity contribution in [3.05, 3.63) is 45.2 Å². The van der Waals surface area contributed by atoms with Gasteiger partial charge in [-0.05, 0) is 30.5 Å². The number of hydrogen-bond donors (Lipinski definition) is 0. The number of piperidine rings is 1. The van der Waals surface area contributed by atoms with E-state index in [2.05, 4.69) is 0 Å². The van der Waals surface area contributed by atoms with Crippen LogP contribution < -0.4 is 5.56 Å². The minimum absolute atomic E-state index is 0.00845. The van der Waals surface area contributed by atoms with Gasteiger partial charge in [0, 0.05) is 50.5 Å². The Kier molecular flexibility index (Phi) is 5.53. The normalized spacial score (nSPS) is 18.0. The number of alkyl halides is 5. The van der Waals surface area contributed by atoms with Gasteiger partial charge in [-0.3, -0.25) is 4.79 Å². The molecule has 0 atom stereocenters. The Morgan fingerprint density at radius 2 is 1.79 bits per heavy atom. The molecule has 1 aromatic heterocycles. The van der Waals surface area contributed by atoms with Gasteiger partial charge in [-0.2, -0.15) is 13.2 Å². The molecule has 28 heavy (non-hydrogen) atoms. The lowest BCUT2D eigenvalue weighted by molar-refractivity contribution is -0.137. The van der Waals surface area contributed by atoms with Gasteiger partial charge in [-0.25, -0.2) is 8.78 Å². The first-order valence-corrected chi connectivity index (χ1v) is 9.35. The van der Waals surface area contributed by atoms with E-state index < -0.39 is 23.2 Å². The molecule has 0 saturated carbocycles. The summed E-state index contributed by atoms with van der Waals surface area (Å²) in [6.45, 7) is 2.61. The monoisotopic (exact) mass is 402 g/mol. The Morgan fingerprint density at radius 1 is 1.14 bits per heavy atom. The largest absolute Gasteiger partial charge is 0.417 e. The van der Waals surface area contributed by atoms with Gasteiger partial charge in [0.15, 0.2) is 0 Å². The number of nitrogens with zero attached hydrogens (tertiary/aromatic N) is 2. The van der Waals surface area contributed by atoms with Crippen molar-refractivity contribution in [1.29, 1.82) is 0 Å². The fourth-order valence-corrected chi connectivity index (χ4v) is 3.86. The molecule has 0 spiro atoms. The van der Waals surface area contributed by atoms with E-state index in [4.69, 9.17) is 0 Å². The number of aromatic nitrogens is 1. The summed E-state index contributed by atoms with van der Waals surface area (Å²) in [5.41, 5.74) is -0.818. The van der Waals surface area contributed by atoms with Gasteiger partial charge in [-0.1, -0.05) is 13.0 Å². The van der Waals surface area contributed by atoms with Crippen molar-refractivity contribution in [1.82, 2.24) is 9.47 Å². The zero-order valence-corrected chi connectivity index (χ0v) is 15.9. The SMILES string of the molecule is CCc1c(C(F)(F)F)c2cc(CCN3CCC(F)(F)CC3)ccc2n(C)c1=O. The topological polar surface area (TPSA) is 25.2 Å². The molecule has 2 heterocycles. The number of likely N-dealkylation sites (tertiary alicyclic amines) is 1. The highest BCUT2D eigenvalue weighted by atomic mass is 19.4. The number of rotatable bonds is 4. The lowest BCUT2D eigenvalue weighted by Gasteiger charge is -2.31. The van der Waals surface area contributed by atoms with E-state index in [0.29, 0.717) is 18.5 Å². The third-order valence-corrected chi connectivity index (χ3v) is 5.50. The van der Waals surface area contributed by atoms with Crippen LogP contribution in [0.4, 0.5) is 22.0 Å². The van der Waals surface area contributed by atoms with Crippen LogP contribution in [0.3, 0.4) is 0 Å². The summed E-state index contributed by atoms with van der Waals surface area (Å²) in [6, 6.07) is 4.71. The summed E-state index contributed by atoms with van der Waals surface area (Å²) in [6.07, 6.45) is -4.56. The van der Waals surface area contributed by atoms with E-state index in [9.17, 15) is 26.7 Å². The van der Waals surface area contributed by atoms with Crippen LogP contribution >= 0.6 is 0 Å². The van der Waals surface area contributed by atoms with Crippen LogP contribution in [0.15, 0.2) is 23.0 Å². The molecule has 1 saturated heterocycles. The van der Waals surface area contributed by atoms with Crippen LogP contribution in [0.2, 0.25) is 0 Å². The van der Waals surface area contributed by atoms with Crippen molar-refractivity contribution in [3.8, 4) is 0 Å². The smallest absolute Gasteiger partial charge is 0.311 e. The first-order chi connectivity index (χ1) is 13.0. The Balaban J connectivity index is 1.94. The molecule has 1 aliphatic heterocycles. The Bertz CT molecular complexity index is 923. The van der Waals surface area contributed by atoms with E-state index in [1.54, 1.807) is 6.07 Å². The van der Waals surface area contributed by atoms with Crippen molar-refractivity contribution in [2.75, 3.05) is 19.6 Å². The highest BCUT2D eigenvalue weighted by molar-refractivity contribution is 5.85. The molecule has 1 aromatic carbocycles. The van der Waals surface area contributed by atoms with Crippen LogP contribution in [0.1, 0.15) is 36.5 Å². The molecule has 1 aliphatic rings. The van der Waals surface area contributed by atoms with E-state index >= 15 is 0 Å². The summed E-state index contributed by atoms with van der Waals surface area (Å²) < 4.78 is 68.9. The molecule has 0 radical (unpaired) electrons. The second-order valence-corrected chi connectivity index (χ2v) is 7.37. The Hall–Kier alpha value is -1.96. The molecule has 8 heteroatoms. The maximum absolute atomic E-state index is 13.7. The predicted molar refractivity (Wildman–Crippen MR) is 97.9 cm³/mol. The third kappa shape index (κ3) is 4.06. The highest BCUT2D eigenvalue weighted by Crippen LogP contribution is 2.37. The van der Waals surface area contributed by atoms with Crippen LogP contribution in [0.25, 0.3) is 10.9 Å². The number of aryl methyl sites for hydroxylation is 1. The molecule has 1 fully saturated rings. The van der Waals surface area contributed by atoms with E-state index in [0.717, 1.165) is 0 Å². The number of hydrogen-bond acceptors (Lipinski definition) is 2. The van der Waals surface area contributed by atoms with Crippen molar-refractivity contribution < 1.29 is 22.0 Å². The van der Waals surface area contributed by atoms with E-state index in [1.807, 2.05) is 4.90 Å². The molecule has 0 amide bonds. The minimum atomic E-state index is -4.63. The predicted octanol–water partition coefficient (Wildman–Crippen LogP) is 4.39. The Labute approximate surface area is 159 Å². The molecular weight excluding hydrogens is 379 g/mol. The first kappa shape index (κ1) is 20.8. The van der Waals surface area contributed by atoms with Crippen molar-refractivity contribution in [2.45, 2.75) is 44.7 Å². The molecule has 0 unspecified atom stereocenters. The molecule has 154 valence electrons. The Morgan fingerprint density at radius 3 is 2.36 bits per heavy atom. The van der Waals surface area contributed by atoms with Crippen molar-refractivity contribution >= 4 is 10.9 Å². The summed E-state index contributed by atoms with van der Waals surface area (Å²) in [7, 11) is 1.47. The van der Waals surface area contributed by atoms with Crippen molar-refractivity contribution in [2.24, 2.45) is 7.05 Å². The summed E-state index contributed by atoms with van der Waals surface area (Å²) >= 11 is 0. The summed E-state index contributed by atoms with van der Waals surface area (Å²) in [5, 5.41) is 0.00845. The molecule has 0 bridgehead atoms. The average molecular weight is 402 g/mol. The van der Waals surface area contributed by atoms with Crippen LogP contribution in [-0.2, 0) is 26.1 Å². The maximum atomic E-state index is 13.7. The van der Waals surface area contributed by atoms with Crippen LogP contribution in [0.5, 0.6) is 0 Å². The number of halogens is 5. The lowest BCUT2D eigenvalue weighted by Crippen LogP contribution is -2.40. The van der Waals surface area contributed by atoms with Gasteiger partial charge in [0.1, 0.15) is 0 Å². The number of pyridine rings is 1. The average Bonchev–Trinajstić information content (AvgIpc) is 2.62. The second kappa shape index (κ2) is 7.46. The number of fused-ring (bicyclic) bond motifs is 1. The van der Waals surface area contributed by atoms with Gasteiger partial charge in [-0.15, -0.1) is 0 Å². The lowest BCUT2D eigenvalue weighted by atomic mass is 9.98. The van der Waals surface area contributed by atoms with E-state index in [1.165, 1.54) is 30.7 Å². The molecule has 0 aliphatic carbocycles. The van der Waals surface area contributed by atoms with Gasteiger partial charge in [0.25, 0.3) is 11.5 Å². The zero-order chi connectivity index (χ0) is 20.7. The fraction of sp³-hybridized carbons (Fsp3) is 0.550.